The predicted molar refractivity (Wildman–Crippen MR) is 158 cm³/mol. The summed E-state index contributed by atoms with van der Waals surface area (Å²) in [5, 5.41) is 16.7. The molecule has 3 N–H and O–H groups in total. The highest BCUT2D eigenvalue weighted by Gasteiger charge is 2.35. The Morgan fingerprint density at radius 1 is 1.07 bits per heavy atom. The van der Waals surface area contributed by atoms with E-state index in [0.717, 1.165) is 19.3 Å². The number of amides is 1. The third-order valence-corrected chi connectivity index (χ3v) is 8.52. The lowest BCUT2D eigenvalue weighted by atomic mass is 9.89. The Morgan fingerprint density at radius 2 is 1.77 bits per heavy atom. The number of nitrogens with one attached hydrogen (secondary N) is 2. The monoisotopic (exact) mass is 639 g/mol. The van der Waals surface area contributed by atoms with Crippen LogP contribution in [-0.2, 0) is 24.1 Å². The number of anilines is 1. The number of halogens is 6. The van der Waals surface area contributed by atoms with Gasteiger partial charge in [0.05, 0.1) is 23.4 Å². The fourth-order valence-electron chi connectivity index (χ4n) is 5.87. The Morgan fingerprint density at radius 3 is 2.39 bits per heavy atom. The van der Waals surface area contributed by atoms with Gasteiger partial charge in [-0.15, -0.1) is 0 Å². The molecule has 1 aliphatic carbocycles. The number of ketones is 1. The largest absolute Gasteiger partial charge is 0.416 e. The summed E-state index contributed by atoms with van der Waals surface area (Å²) in [5.41, 5.74) is -1.25. The molecule has 0 aliphatic heterocycles. The van der Waals surface area contributed by atoms with E-state index in [4.69, 9.17) is 11.6 Å². The van der Waals surface area contributed by atoms with Gasteiger partial charge in [-0.1, -0.05) is 18.5 Å². The van der Waals surface area contributed by atoms with Crippen molar-refractivity contribution < 1.29 is 36.6 Å². The van der Waals surface area contributed by atoms with Crippen LogP contribution in [-0.4, -0.2) is 33.0 Å². The molecule has 4 rings (SSSR count). The number of aromatic nitrogens is 1. The van der Waals surface area contributed by atoms with Crippen molar-refractivity contribution in [3.8, 4) is 0 Å². The van der Waals surface area contributed by atoms with Crippen molar-refractivity contribution in [3.05, 3.63) is 87.2 Å². The molecular formula is C32H35ClF5N3O3. The van der Waals surface area contributed by atoms with Gasteiger partial charge in [-0.3, -0.25) is 9.59 Å². The topological polar surface area (TPSA) is 83.4 Å². The number of Topliss-reactive ketones (excluding diaryl/α,β-unsaturated/α-hetero) is 1. The molecule has 1 heterocycles. The highest BCUT2D eigenvalue weighted by atomic mass is 35.5. The summed E-state index contributed by atoms with van der Waals surface area (Å²) in [5.74, 6) is -3.61. The van der Waals surface area contributed by atoms with Gasteiger partial charge in [-0.25, -0.2) is 8.78 Å². The average molecular weight is 640 g/mol. The zero-order valence-corrected chi connectivity index (χ0v) is 25.5. The number of carbonyl (C=O) groups is 2. The Balaban J connectivity index is 1.76. The molecule has 1 fully saturated rings. The molecule has 1 aliphatic rings. The number of aliphatic hydroxyl groups is 1. The number of nitrogens with zero attached hydrogens (tertiary/aromatic N) is 1. The molecule has 44 heavy (non-hydrogen) atoms. The summed E-state index contributed by atoms with van der Waals surface area (Å²) in [4.78, 5) is 25.7. The van der Waals surface area contributed by atoms with Crippen molar-refractivity contribution in [2.75, 3.05) is 5.32 Å². The molecule has 0 spiro atoms. The van der Waals surface area contributed by atoms with E-state index in [1.54, 1.807) is 31.4 Å². The second kappa shape index (κ2) is 13.0. The predicted octanol–water partition coefficient (Wildman–Crippen LogP) is 7.46. The number of alkyl halides is 3. The first-order chi connectivity index (χ1) is 20.4. The molecule has 1 saturated carbocycles. The van der Waals surface area contributed by atoms with Crippen LogP contribution in [0.1, 0.15) is 85.7 Å². The summed E-state index contributed by atoms with van der Waals surface area (Å²) in [6.07, 6.45) is -2.51. The minimum atomic E-state index is -4.88. The first-order valence-electron chi connectivity index (χ1n) is 14.3. The number of rotatable bonds is 10. The second-order valence-electron chi connectivity index (χ2n) is 12.0. The van der Waals surface area contributed by atoms with Gasteiger partial charge in [-0.2, -0.15) is 13.2 Å². The summed E-state index contributed by atoms with van der Waals surface area (Å²) < 4.78 is 70.2. The minimum absolute atomic E-state index is 0.0664. The summed E-state index contributed by atoms with van der Waals surface area (Å²) >= 11 is 6.42. The average Bonchev–Trinajstić information content (AvgIpc) is 3.52. The van der Waals surface area contributed by atoms with Crippen LogP contribution in [0.25, 0.3) is 0 Å². The minimum Gasteiger partial charge on any atom is -0.390 e. The Labute approximate surface area is 257 Å². The number of hydrogen-bond acceptors (Lipinski definition) is 4. The van der Waals surface area contributed by atoms with Crippen molar-refractivity contribution in [1.29, 1.82) is 0 Å². The van der Waals surface area contributed by atoms with Crippen LogP contribution >= 0.6 is 11.6 Å². The van der Waals surface area contributed by atoms with E-state index in [2.05, 4.69) is 10.6 Å². The molecule has 12 heteroatoms. The third kappa shape index (κ3) is 7.86. The number of hydrogen-bond donors (Lipinski definition) is 3. The fraction of sp³-hybridized carbons (Fsp3) is 0.438. The van der Waals surface area contributed by atoms with Crippen LogP contribution in [0.3, 0.4) is 0 Å². The molecule has 3 atom stereocenters. The Hall–Kier alpha value is -3.28. The van der Waals surface area contributed by atoms with Crippen molar-refractivity contribution in [3.63, 3.8) is 0 Å². The SMILES string of the molecule is CC(=O)Cn1c(CN[C@H]2CC[C@H](C(C)(C)O)C2)cc(NC(=O)c2cc(F)cc(C(F)(F)F)c2)c1[C@H](C)c1cc(F)ccc1Cl. The maximum Gasteiger partial charge on any atom is 0.416 e. The van der Waals surface area contributed by atoms with Crippen molar-refractivity contribution >= 4 is 29.0 Å². The normalized spacial score (nSPS) is 18.0. The summed E-state index contributed by atoms with van der Waals surface area (Å²) in [7, 11) is 0. The lowest BCUT2D eigenvalue weighted by Crippen LogP contribution is -2.32. The fourth-order valence-corrected chi connectivity index (χ4v) is 6.15. The lowest BCUT2D eigenvalue weighted by Gasteiger charge is -2.25. The first kappa shape index (κ1) is 33.6. The number of carbonyl (C=O) groups excluding carboxylic acids is 2. The van der Waals surface area contributed by atoms with Crippen molar-refractivity contribution in [2.45, 2.75) is 83.8 Å². The van der Waals surface area contributed by atoms with Gasteiger partial charge in [0.2, 0.25) is 0 Å². The van der Waals surface area contributed by atoms with Crippen LogP contribution in [0.5, 0.6) is 0 Å². The molecule has 3 aromatic rings. The first-order valence-corrected chi connectivity index (χ1v) is 14.6. The molecular weight excluding hydrogens is 605 g/mol. The lowest BCUT2D eigenvalue weighted by molar-refractivity contribution is -0.137. The molecule has 1 amide bonds. The standard InChI is InChI=1S/C32H35ClF5N3O3/c1-17(42)16-41-25(15-39-24-7-5-20(12-24)31(3,4)44)14-28(29(41)18(2)26-13-22(34)6-8-27(26)33)40-30(43)19-9-21(32(36,37)38)11-23(35)10-19/h6,8-11,13-14,18,20,24,39,44H,5,7,12,15-16H2,1-4H3,(H,40,43)/t18-,20+,24+/m1/s1. The Kier molecular flexibility index (Phi) is 9.92. The van der Waals surface area contributed by atoms with Gasteiger partial charge in [0, 0.05) is 40.5 Å². The molecule has 1 aromatic heterocycles. The molecule has 0 saturated heterocycles. The van der Waals surface area contributed by atoms with Crippen LogP contribution in [0.2, 0.25) is 5.02 Å². The number of benzene rings is 2. The molecule has 2 aromatic carbocycles. The van der Waals surface area contributed by atoms with Gasteiger partial charge in [0.15, 0.2) is 0 Å². The summed E-state index contributed by atoms with van der Waals surface area (Å²) in [6, 6.07) is 7.02. The third-order valence-electron chi connectivity index (χ3n) is 8.18. The van der Waals surface area contributed by atoms with Crippen LogP contribution < -0.4 is 10.6 Å². The van der Waals surface area contributed by atoms with Crippen LogP contribution in [0, 0.1) is 17.6 Å². The highest BCUT2D eigenvalue weighted by Crippen LogP contribution is 2.38. The van der Waals surface area contributed by atoms with Crippen molar-refractivity contribution in [2.24, 2.45) is 5.92 Å². The van der Waals surface area contributed by atoms with Gasteiger partial charge in [-0.05, 0) is 94.0 Å². The van der Waals surface area contributed by atoms with E-state index in [1.165, 1.54) is 25.1 Å². The highest BCUT2D eigenvalue weighted by molar-refractivity contribution is 6.31. The van der Waals surface area contributed by atoms with E-state index in [9.17, 15) is 36.6 Å². The molecule has 0 unspecified atom stereocenters. The van der Waals surface area contributed by atoms with E-state index in [0.29, 0.717) is 35.2 Å². The van der Waals surface area contributed by atoms with E-state index < -0.39 is 46.4 Å². The second-order valence-corrected chi connectivity index (χ2v) is 12.4. The van der Waals surface area contributed by atoms with Gasteiger partial charge < -0.3 is 20.3 Å². The molecule has 6 nitrogen and oxygen atoms in total. The molecule has 0 bridgehead atoms. The smallest absolute Gasteiger partial charge is 0.390 e. The maximum atomic E-state index is 14.3. The van der Waals surface area contributed by atoms with E-state index >= 15 is 0 Å². The van der Waals surface area contributed by atoms with Gasteiger partial charge in [0.1, 0.15) is 17.4 Å². The van der Waals surface area contributed by atoms with Crippen LogP contribution in [0.4, 0.5) is 27.6 Å². The van der Waals surface area contributed by atoms with Gasteiger partial charge in [0.25, 0.3) is 5.91 Å². The molecule has 238 valence electrons. The summed E-state index contributed by atoms with van der Waals surface area (Å²) in [6.45, 7) is 6.77. The van der Waals surface area contributed by atoms with Crippen LogP contribution in [0.15, 0.2) is 42.5 Å². The Bertz CT molecular complexity index is 1550. The van der Waals surface area contributed by atoms with Crippen molar-refractivity contribution in [1.82, 2.24) is 9.88 Å². The maximum absolute atomic E-state index is 14.3. The van der Waals surface area contributed by atoms with E-state index in [-0.39, 0.29) is 41.5 Å². The quantitative estimate of drug-likeness (QED) is 0.201. The zero-order valence-electron chi connectivity index (χ0n) is 24.8. The zero-order chi connectivity index (χ0) is 32.6. The molecule has 0 radical (unpaired) electrons. The van der Waals surface area contributed by atoms with Gasteiger partial charge >= 0.3 is 6.18 Å². The van der Waals surface area contributed by atoms with E-state index in [1.807, 2.05) is 0 Å².